The molecule has 4 nitrogen and oxygen atoms in total. The summed E-state index contributed by atoms with van der Waals surface area (Å²) in [6, 6.07) is 8.43. The third-order valence-electron chi connectivity index (χ3n) is 2.41. The molecule has 0 saturated heterocycles. The van der Waals surface area contributed by atoms with E-state index < -0.39 is 0 Å². The van der Waals surface area contributed by atoms with Crippen LogP contribution in [0, 0.1) is 6.92 Å². The maximum absolute atomic E-state index is 4.19. The van der Waals surface area contributed by atoms with Crippen molar-refractivity contribution >= 4 is 21.4 Å². The number of aromatic nitrogens is 4. The van der Waals surface area contributed by atoms with Crippen molar-refractivity contribution in [2.75, 3.05) is 0 Å². The number of tetrazole rings is 1. The topological polar surface area (TPSA) is 43.6 Å². The van der Waals surface area contributed by atoms with E-state index in [0.717, 1.165) is 5.56 Å². The Bertz CT molecular complexity index is 653. The molecule has 0 N–H and O–H groups in total. The fourth-order valence-electron chi connectivity index (χ4n) is 1.71. The lowest BCUT2D eigenvalue weighted by Gasteiger charge is -1.94. The molecule has 0 spiro atoms. The number of thiophene rings is 1. The van der Waals surface area contributed by atoms with E-state index in [2.05, 4.69) is 40.5 Å². The number of hydrogen-bond acceptors (Lipinski definition) is 4. The maximum atomic E-state index is 4.19. The molecule has 16 heavy (non-hydrogen) atoms. The Kier molecular flexibility index (Phi) is 2.00. The van der Waals surface area contributed by atoms with Gasteiger partial charge in [-0.1, -0.05) is 0 Å². The van der Waals surface area contributed by atoms with Gasteiger partial charge >= 0.3 is 0 Å². The number of fused-ring (bicyclic) bond motifs is 1. The van der Waals surface area contributed by atoms with Gasteiger partial charge in [-0.2, -0.15) is 4.80 Å². The van der Waals surface area contributed by atoms with Gasteiger partial charge in [0.05, 0.1) is 7.05 Å². The standard InChI is InChI=1S/C11H10N4S/c1-7-5-9-6-8(3-4-10(9)16-7)11-12-14-15(2)13-11/h3-6H,1-2H3. The average molecular weight is 230 g/mol. The van der Waals surface area contributed by atoms with Crippen LogP contribution in [-0.4, -0.2) is 20.2 Å². The highest BCUT2D eigenvalue weighted by Gasteiger charge is 2.06. The normalized spacial score (nSPS) is 11.1. The first-order chi connectivity index (χ1) is 7.72. The smallest absolute Gasteiger partial charge is 0.167 e. The number of hydrogen-bond donors (Lipinski definition) is 0. The lowest BCUT2D eigenvalue weighted by atomic mass is 10.1. The Labute approximate surface area is 96.5 Å². The van der Waals surface area contributed by atoms with Gasteiger partial charge in [-0.15, -0.1) is 21.5 Å². The Balaban J connectivity index is 2.17. The van der Waals surface area contributed by atoms with E-state index in [1.54, 1.807) is 18.4 Å². The largest absolute Gasteiger partial charge is 0.204 e. The summed E-state index contributed by atoms with van der Waals surface area (Å²) in [4.78, 5) is 2.79. The van der Waals surface area contributed by atoms with Crippen LogP contribution < -0.4 is 0 Å². The number of nitrogens with zero attached hydrogens (tertiary/aromatic N) is 4. The van der Waals surface area contributed by atoms with Crippen molar-refractivity contribution in [1.29, 1.82) is 0 Å². The monoisotopic (exact) mass is 230 g/mol. The highest BCUT2D eigenvalue weighted by atomic mass is 32.1. The van der Waals surface area contributed by atoms with Gasteiger partial charge in [-0.3, -0.25) is 0 Å². The van der Waals surface area contributed by atoms with Crippen LogP contribution in [0.2, 0.25) is 0 Å². The molecule has 2 aromatic heterocycles. The summed E-state index contributed by atoms with van der Waals surface area (Å²) in [7, 11) is 1.77. The van der Waals surface area contributed by atoms with E-state index in [0.29, 0.717) is 5.82 Å². The lowest BCUT2D eigenvalue weighted by Crippen LogP contribution is -1.91. The molecule has 0 unspecified atom stereocenters. The molecule has 0 atom stereocenters. The van der Waals surface area contributed by atoms with Crippen molar-refractivity contribution in [3.05, 3.63) is 29.1 Å². The minimum Gasteiger partial charge on any atom is -0.167 e. The molecule has 0 bridgehead atoms. The van der Waals surface area contributed by atoms with Gasteiger partial charge in [-0.25, -0.2) is 0 Å². The fourth-order valence-corrected chi connectivity index (χ4v) is 2.62. The molecular weight excluding hydrogens is 220 g/mol. The van der Waals surface area contributed by atoms with Crippen molar-refractivity contribution in [2.45, 2.75) is 6.92 Å². The van der Waals surface area contributed by atoms with Gasteiger partial charge in [0.2, 0.25) is 5.82 Å². The Morgan fingerprint density at radius 3 is 2.88 bits per heavy atom. The second kappa shape index (κ2) is 3.38. The highest BCUT2D eigenvalue weighted by Crippen LogP contribution is 2.28. The molecule has 0 aliphatic carbocycles. The van der Waals surface area contributed by atoms with Gasteiger partial charge in [0.25, 0.3) is 0 Å². The van der Waals surface area contributed by atoms with Gasteiger partial charge in [0, 0.05) is 15.1 Å². The van der Waals surface area contributed by atoms with Crippen LogP contribution in [-0.2, 0) is 7.05 Å². The molecule has 0 amide bonds. The average Bonchev–Trinajstić information content (AvgIpc) is 2.81. The Hall–Kier alpha value is -1.75. The number of benzene rings is 1. The van der Waals surface area contributed by atoms with Crippen LogP contribution in [0.25, 0.3) is 21.5 Å². The van der Waals surface area contributed by atoms with Crippen LogP contribution in [0.5, 0.6) is 0 Å². The van der Waals surface area contributed by atoms with Crippen molar-refractivity contribution in [1.82, 2.24) is 20.2 Å². The van der Waals surface area contributed by atoms with Crippen LogP contribution in [0.4, 0.5) is 0 Å². The van der Waals surface area contributed by atoms with Crippen LogP contribution >= 0.6 is 11.3 Å². The first-order valence-corrected chi connectivity index (χ1v) is 5.78. The number of aryl methyl sites for hydroxylation is 2. The zero-order chi connectivity index (χ0) is 11.1. The zero-order valence-corrected chi connectivity index (χ0v) is 9.82. The van der Waals surface area contributed by atoms with Crippen LogP contribution in [0.1, 0.15) is 4.88 Å². The second-order valence-electron chi connectivity index (χ2n) is 3.71. The van der Waals surface area contributed by atoms with Gasteiger partial charge in [-0.05, 0) is 41.8 Å². The van der Waals surface area contributed by atoms with E-state index in [-0.39, 0.29) is 0 Å². The molecule has 5 heteroatoms. The minimum atomic E-state index is 0.674. The van der Waals surface area contributed by atoms with Crippen LogP contribution in [0.3, 0.4) is 0 Å². The Morgan fingerprint density at radius 2 is 2.12 bits per heavy atom. The van der Waals surface area contributed by atoms with E-state index in [9.17, 15) is 0 Å². The predicted octanol–water partition coefficient (Wildman–Crippen LogP) is 2.40. The zero-order valence-electron chi connectivity index (χ0n) is 9.01. The summed E-state index contributed by atoms with van der Waals surface area (Å²) in [5.41, 5.74) is 1.01. The van der Waals surface area contributed by atoms with Crippen molar-refractivity contribution in [3.8, 4) is 11.4 Å². The van der Waals surface area contributed by atoms with Crippen molar-refractivity contribution in [3.63, 3.8) is 0 Å². The third kappa shape index (κ3) is 1.49. The quantitative estimate of drug-likeness (QED) is 0.644. The van der Waals surface area contributed by atoms with Crippen molar-refractivity contribution in [2.24, 2.45) is 7.05 Å². The molecule has 1 aromatic carbocycles. The summed E-state index contributed by atoms with van der Waals surface area (Å²) >= 11 is 1.80. The first kappa shape index (κ1) is 9.47. The van der Waals surface area contributed by atoms with Crippen LogP contribution in [0.15, 0.2) is 24.3 Å². The third-order valence-corrected chi connectivity index (χ3v) is 3.44. The molecule has 80 valence electrons. The second-order valence-corrected chi connectivity index (χ2v) is 5.00. The summed E-state index contributed by atoms with van der Waals surface area (Å²) in [6.45, 7) is 2.12. The van der Waals surface area contributed by atoms with Crippen molar-refractivity contribution < 1.29 is 0 Å². The predicted molar refractivity (Wildman–Crippen MR) is 64.4 cm³/mol. The first-order valence-electron chi connectivity index (χ1n) is 4.97. The lowest BCUT2D eigenvalue weighted by molar-refractivity contribution is 0.630. The molecule has 0 radical (unpaired) electrons. The SMILES string of the molecule is Cc1cc2cc(-c3nnn(C)n3)ccc2s1. The summed E-state index contributed by atoms with van der Waals surface area (Å²) < 4.78 is 1.30. The fraction of sp³-hybridized carbons (Fsp3) is 0.182. The molecule has 0 aliphatic heterocycles. The number of rotatable bonds is 1. The summed E-state index contributed by atoms with van der Waals surface area (Å²) in [6.07, 6.45) is 0. The Morgan fingerprint density at radius 1 is 1.25 bits per heavy atom. The highest BCUT2D eigenvalue weighted by molar-refractivity contribution is 7.19. The van der Waals surface area contributed by atoms with Gasteiger partial charge in [0.1, 0.15) is 0 Å². The minimum absolute atomic E-state index is 0.674. The van der Waals surface area contributed by atoms with E-state index >= 15 is 0 Å². The van der Waals surface area contributed by atoms with Gasteiger partial charge in [0.15, 0.2) is 0 Å². The summed E-state index contributed by atoms with van der Waals surface area (Å²) in [5.74, 6) is 0.674. The molecule has 0 aliphatic rings. The van der Waals surface area contributed by atoms with E-state index in [1.807, 2.05) is 6.07 Å². The van der Waals surface area contributed by atoms with E-state index in [1.165, 1.54) is 19.8 Å². The maximum Gasteiger partial charge on any atom is 0.204 e. The molecule has 3 rings (SSSR count). The molecular formula is C11H10N4S. The van der Waals surface area contributed by atoms with E-state index in [4.69, 9.17) is 0 Å². The molecule has 0 fully saturated rings. The molecule has 0 saturated carbocycles. The van der Waals surface area contributed by atoms with Gasteiger partial charge < -0.3 is 0 Å². The molecule has 3 aromatic rings. The summed E-state index contributed by atoms with van der Waals surface area (Å²) in [5, 5.41) is 13.3. The molecule has 2 heterocycles.